The molecule has 288 valence electrons. The lowest BCUT2D eigenvalue weighted by Gasteiger charge is -2.31. The molecule has 0 radical (unpaired) electrons. The van der Waals surface area contributed by atoms with Gasteiger partial charge in [0.2, 0.25) is 5.91 Å². The third-order valence-corrected chi connectivity index (χ3v) is 10.6. The second-order valence-corrected chi connectivity index (χ2v) is 14.3. The monoisotopic (exact) mass is 743 g/mol. The highest BCUT2D eigenvalue weighted by Gasteiger charge is 2.38. The highest BCUT2D eigenvalue weighted by atomic mass is 19.1. The van der Waals surface area contributed by atoms with Gasteiger partial charge in [-0.25, -0.2) is 14.4 Å². The molecule has 2 fully saturated rings. The van der Waals surface area contributed by atoms with Gasteiger partial charge in [0.05, 0.1) is 37.0 Å². The normalized spacial score (nSPS) is 15.9. The number of aromatic nitrogens is 1. The number of pyridine rings is 1. The van der Waals surface area contributed by atoms with Gasteiger partial charge in [0.25, 0.3) is 11.6 Å². The number of rotatable bonds is 19. The average molecular weight is 744 g/mol. The van der Waals surface area contributed by atoms with Crippen LogP contribution in [0.15, 0.2) is 58.5 Å². The van der Waals surface area contributed by atoms with Crippen LogP contribution in [0.2, 0.25) is 0 Å². The van der Waals surface area contributed by atoms with Crippen LogP contribution < -0.4 is 26.7 Å². The number of non-ortho nitro benzene ring substituents is 1. The lowest BCUT2D eigenvalue weighted by Crippen LogP contribution is -2.58. The maximum atomic E-state index is 13.5. The van der Waals surface area contributed by atoms with Crippen molar-refractivity contribution in [2.75, 3.05) is 44.8 Å². The molecule has 1 aliphatic heterocycles. The van der Waals surface area contributed by atoms with Crippen LogP contribution in [0.25, 0.3) is 0 Å². The number of anilines is 1. The number of benzene rings is 2. The number of ether oxygens (including phenoxy) is 2. The van der Waals surface area contributed by atoms with E-state index in [-0.39, 0.29) is 36.3 Å². The SMILES string of the molecule is CCC(CC)(NC(=O)c1ccc(C2CC2)c(Cc2ccc(F)cc2)n1)C(=O)NCCOCCOCCNc1ccc([N+](=O)[O-])c2c1=NC1(CCCCC1)N=2. The van der Waals surface area contributed by atoms with Gasteiger partial charge in [-0.2, -0.15) is 0 Å². The number of hydrogen-bond donors (Lipinski definition) is 3. The summed E-state index contributed by atoms with van der Waals surface area (Å²) in [5, 5.41) is 21.7. The molecule has 3 N–H and O–H groups in total. The number of fused-ring (bicyclic) bond motifs is 1. The van der Waals surface area contributed by atoms with E-state index in [0.29, 0.717) is 67.9 Å². The lowest BCUT2D eigenvalue weighted by molar-refractivity contribution is -0.386. The third kappa shape index (κ3) is 9.27. The average Bonchev–Trinajstić information content (AvgIpc) is 3.96. The van der Waals surface area contributed by atoms with Crippen molar-refractivity contribution < 1.29 is 28.4 Å². The summed E-state index contributed by atoms with van der Waals surface area (Å²) >= 11 is 0. The number of hydrogen-bond acceptors (Lipinski definition) is 10. The van der Waals surface area contributed by atoms with Crippen LogP contribution in [-0.4, -0.2) is 72.4 Å². The summed E-state index contributed by atoms with van der Waals surface area (Å²) in [5.41, 5.74) is 2.03. The fourth-order valence-corrected chi connectivity index (χ4v) is 7.28. The molecule has 2 aliphatic carbocycles. The second kappa shape index (κ2) is 17.5. The molecule has 2 saturated carbocycles. The van der Waals surface area contributed by atoms with Gasteiger partial charge in [0.15, 0.2) is 11.0 Å². The predicted molar refractivity (Wildman–Crippen MR) is 201 cm³/mol. The fourth-order valence-electron chi connectivity index (χ4n) is 7.28. The van der Waals surface area contributed by atoms with Gasteiger partial charge in [-0.1, -0.05) is 38.5 Å². The van der Waals surface area contributed by atoms with Crippen molar-refractivity contribution in [1.29, 1.82) is 0 Å². The van der Waals surface area contributed by atoms with Crippen molar-refractivity contribution in [3.8, 4) is 0 Å². The molecule has 2 heterocycles. The van der Waals surface area contributed by atoms with E-state index in [9.17, 15) is 24.1 Å². The summed E-state index contributed by atoms with van der Waals surface area (Å²) in [5.74, 6) is -0.595. The Kier molecular flexibility index (Phi) is 12.6. The smallest absolute Gasteiger partial charge is 0.296 e. The highest BCUT2D eigenvalue weighted by Crippen LogP contribution is 2.42. The Morgan fingerprint density at radius 3 is 2.26 bits per heavy atom. The Hall–Kier alpha value is -4.82. The fraction of sp³-hybridized carbons (Fsp3) is 0.525. The number of nitro benzene ring substituents is 1. The number of halogens is 1. The number of nitrogens with zero attached hydrogens (tertiary/aromatic N) is 4. The van der Waals surface area contributed by atoms with Gasteiger partial charge in [-0.3, -0.25) is 24.7 Å². The summed E-state index contributed by atoms with van der Waals surface area (Å²) in [6.07, 6.45) is 8.16. The van der Waals surface area contributed by atoms with Crippen molar-refractivity contribution >= 4 is 23.2 Å². The number of carbonyl (C=O) groups excluding carboxylic acids is 2. The maximum Gasteiger partial charge on any atom is 0.296 e. The highest BCUT2D eigenvalue weighted by molar-refractivity contribution is 5.98. The molecule has 0 unspecified atom stereocenters. The van der Waals surface area contributed by atoms with E-state index in [1.165, 1.54) is 18.2 Å². The largest absolute Gasteiger partial charge is 0.381 e. The number of nitro groups is 1. The van der Waals surface area contributed by atoms with E-state index >= 15 is 0 Å². The van der Waals surface area contributed by atoms with Gasteiger partial charge >= 0.3 is 0 Å². The van der Waals surface area contributed by atoms with Crippen molar-refractivity contribution in [3.05, 3.63) is 97.7 Å². The summed E-state index contributed by atoms with van der Waals surface area (Å²) in [7, 11) is 0. The van der Waals surface area contributed by atoms with Gasteiger partial charge in [-0.05, 0) is 92.7 Å². The Morgan fingerprint density at radius 1 is 0.907 bits per heavy atom. The van der Waals surface area contributed by atoms with Crippen LogP contribution in [0.3, 0.4) is 0 Å². The van der Waals surface area contributed by atoms with Gasteiger partial charge in [-0.15, -0.1) is 0 Å². The van der Waals surface area contributed by atoms with Gasteiger partial charge in [0, 0.05) is 31.3 Å². The van der Waals surface area contributed by atoms with Crippen molar-refractivity contribution in [2.45, 2.75) is 95.2 Å². The Morgan fingerprint density at radius 2 is 1.59 bits per heavy atom. The van der Waals surface area contributed by atoms with Crippen LogP contribution in [0.4, 0.5) is 15.8 Å². The molecule has 14 heteroatoms. The topological polar surface area (TPSA) is 169 Å². The molecule has 1 spiro atoms. The van der Waals surface area contributed by atoms with E-state index < -0.39 is 22.0 Å². The molecule has 2 amide bonds. The molecule has 0 saturated heterocycles. The minimum absolute atomic E-state index is 0.0212. The Labute approximate surface area is 314 Å². The molecule has 3 aromatic rings. The van der Waals surface area contributed by atoms with E-state index in [4.69, 9.17) is 24.4 Å². The summed E-state index contributed by atoms with van der Waals surface area (Å²) in [4.78, 5) is 52.5. The Bertz CT molecular complexity index is 1940. The van der Waals surface area contributed by atoms with Crippen molar-refractivity contribution in [2.24, 2.45) is 9.98 Å². The Balaban J connectivity index is 0.926. The molecule has 6 rings (SSSR count). The number of nitrogens with one attached hydrogen (secondary N) is 3. The lowest BCUT2D eigenvalue weighted by atomic mass is 9.90. The molecular formula is C40H50FN7O6. The summed E-state index contributed by atoms with van der Waals surface area (Å²) in [6.45, 7) is 5.78. The predicted octanol–water partition coefficient (Wildman–Crippen LogP) is 5.06. The van der Waals surface area contributed by atoms with Crippen LogP contribution in [0.5, 0.6) is 0 Å². The molecule has 0 bridgehead atoms. The van der Waals surface area contributed by atoms with E-state index in [0.717, 1.165) is 61.8 Å². The zero-order chi connectivity index (χ0) is 38.1. The quantitative estimate of drug-likeness (QED) is 0.0870. The maximum absolute atomic E-state index is 13.5. The molecule has 2 aromatic carbocycles. The second-order valence-electron chi connectivity index (χ2n) is 14.3. The van der Waals surface area contributed by atoms with E-state index in [1.807, 2.05) is 19.9 Å². The summed E-state index contributed by atoms with van der Waals surface area (Å²) < 4.78 is 24.9. The standard InChI is InChI=1S/C40H50FN7O6/c1-3-39(4-2,47-37(49)32-15-14-30(28-10-11-28)33(44-32)26-27-8-12-29(41)13-9-27)38(50)43-21-23-54-25-24-53-22-20-42-31-16-17-34(48(51)52)36-35(31)45-40(46-36)18-6-5-7-19-40/h8-9,12-17,28,42H,3-7,10-11,18-26H2,1-2H3,(H,43,50)(H,47,49). The van der Waals surface area contributed by atoms with E-state index in [1.54, 1.807) is 24.3 Å². The first-order valence-corrected chi connectivity index (χ1v) is 19.2. The van der Waals surface area contributed by atoms with Crippen molar-refractivity contribution in [1.82, 2.24) is 15.6 Å². The molecule has 54 heavy (non-hydrogen) atoms. The first-order chi connectivity index (χ1) is 26.2. The zero-order valence-electron chi connectivity index (χ0n) is 31.1. The summed E-state index contributed by atoms with van der Waals surface area (Å²) in [6, 6.07) is 13.1. The first kappa shape index (κ1) is 38.9. The van der Waals surface area contributed by atoms with Crippen molar-refractivity contribution in [3.63, 3.8) is 0 Å². The molecule has 0 atom stereocenters. The van der Waals surface area contributed by atoms with Gasteiger partial charge < -0.3 is 25.4 Å². The van der Waals surface area contributed by atoms with Gasteiger partial charge in [0.1, 0.15) is 22.4 Å². The van der Waals surface area contributed by atoms with E-state index in [2.05, 4.69) is 16.0 Å². The van der Waals surface area contributed by atoms with Crippen LogP contribution >= 0.6 is 0 Å². The van der Waals surface area contributed by atoms with Crippen LogP contribution in [0.1, 0.15) is 105 Å². The molecule has 1 aromatic heterocycles. The first-order valence-electron chi connectivity index (χ1n) is 19.2. The molecule has 13 nitrogen and oxygen atoms in total. The third-order valence-electron chi connectivity index (χ3n) is 10.6. The molecule has 3 aliphatic rings. The van der Waals surface area contributed by atoms with Crippen LogP contribution in [-0.2, 0) is 20.7 Å². The zero-order valence-corrected chi connectivity index (χ0v) is 31.1. The minimum Gasteiger partial charge on any atom is -0.381 e. The van der Waals surface area contributed by atoms with Crippen LogP contribution in [0, 0.1) is 15.9 Å². The number of amides is 2. The molecular weight excluding hydrogens is 693 g/mol. The minimum atomic E-state index is -1.12. The number of carbonyl (C=O) groups is 2.